The first-order valence-electron chi connectivity index (χ1n) is 24.0. The highest BCUT2D eigenvalue weighted by Crippen LogP contribution is 2.48. The van der Waals surface area contributed by atoms with Crippen molar-refractivity contribution in [3.8, 4) is 33.9 Å². The maximum absolute atomic E-state index is 4.85. The molecule has 2 aromatic heterocycles. The third kappa shape index (κ3) is 9.57. The molecule has 0 fully saturated rings. The number of imidazole rings is 1. The van der Waals surface area contributed by atoms with Gasteiger partial charge < -0.3 is 4.57 Å². The summed E-state index contributed by atoms with van der Waals surface area (Å²) in [6.07, 6.45) is 8.65. The van der Waals surface area contributed by atoms with E-state index in [-0.39, 0.29) is 5.41 Å². The monoisotopic (exact) mass is 886 g/mol. The zero-order valence-electron chi connectivity index (χ0n) is 41.1. The molecule has 2 heterocycles. The molecule has 1 aliphatic rings. The number of aromatic nitrogens is 3. The molecule has 0 saturated heterocycles. The Morgan fingerprint density at radius 1 is 0.500 bits per heavy atom. The zero-order valence-corrected chi connectivity index (χ0v) is 41.1. The van der Waals surface area contributed by atoms with Crippen LogP contribution in [0, 0.1) is 13.8 Å². The molecular weight excluding hydrogens is 823 g/mol. The Morgan fingerprint density at radius 3 is 1.76 bits per heavy atom. The summed E-state index contributed by atoms with van der Waals surface area (Å²) in [4.78, 5) is 4.85. The van der Waals surface area contributed by atoms with Gasteiger partial charge in [0.2, 0.25) is 0 Å². The lowest BCUT2D eigenvalue weighted by Gasteiger charge is -2.21. The van der Waals surface area contributed by atoms with Crippen molar-refractivity contribution in [2.75, 3.05) is 0 Å². The average Bonchev–Trinajstić information content (AvgIpc) is 4.00. The highest BCUT2D eigenvalue weighted by atomic mass is 15.1. The van der Waals surface area contributed by atoms with Crippen molar-refractivity contribution in [3.63, 3.8) is 0 Å². The molecule has 3 heteroatoms. The van der Waals surface area contributed by atoms with Crippen molar-refractivity contribution in [1.29, 1.82) is 0 Å². The first kappa shape index (κ1) is 46.8. The topological polar surface area (TPSA) is 22.8 Å². The SMILES string of the molecule is C/C=C\C(=C/C=C(C)C)c1ccc2c(c1)c1ccccc1n2-c1ccccc1.CC.Cc1ccc(-c2nc3ccccc3n2-c2ccccc2)cc1.Cc1ccc2c(c1)C(C)(C)c1ccccc1-2. The van der Waals surface area contributed by atoms with E-state index in [1.54, 1.807) is 0 Å². The Hall–Kier alpha value is -7.75. The van der Waals surface area contributed by atoms with E-state index in [1.165, 1.54) is 77.6 Å². The number of hydrogen-bond donors (Lipinski definition) is 0. The van der Waals surface area contributed by atoms with Crippen LogP contribution in [0.25, 0.3) is 72.3 Å². The van der Waals surface area contributed by atoms with Gasteiger partial charge in [-0.2, -0.15) is 0 Å². The van der Waals surface area contributed by atoms with E-state index in [4.69, 9.17) is 4.98 Å². The second-order valence-corrected chi connectivity index (χ2v) is 18.0. The van der Waals surface area contributed by atoms with Gasteiger partial charge in [-0.05, 0) is 123 Å². The second kappa shape index (κ2) is 20.8. The molecule has 0 spiro atoms. The number of para-hydroxylation sites is 5. The maximum Gasteiger partial charge on any atom is 0.145 e. The molecular formula is C65H63N3. The summed E-state index contributed by atoms with van der Waals surface area (Å²) in [5.74, 6) is 0.979. The van der Waals surface area contributed by atoms with Crippen LogP contribution in [0.2, 0.25) is 0 Å². The minimum absolute atomic E-state index is 0.151. The van der Waals surface area contributed by atoms with Crippen LogP contribution in [0.3, 0.4) is 0 Å². The lowest BCUT2D eigenvalue weighted by molar-refractivity contribution is 0.660. The van der Waals surface area contributed by atoms with E-state index in [9.17, 15) is 0 Å². The number of rotatable bonds is 6. The van der Waals surface area contributed by atoms with Gasteiger partial charge in [0.25, 0.3) is 0 Å². The summed E-state index contributed by atoms with van der Waals surface area (Å²) < 4.78 is 4.57. The van der Waals surface area contributed by atoms with E-state index in [0.717, 1.165) is 28.1 Å². The summed E-state index contributed by atoms with van der Waals surface area (Å²) in [6.45, 7) is 19.2. The summed E-state index contributed by atoms with van der Waals surface area (Å²) >= 11 is 0. The zero-order chi connectivity index (χ0) is 47.8. The lowest BCUT2D eigenvalue weighted by atomic mass is 9.82. The number of fused-ring (bicyclic) bond motifs is 7. The fraction of sp³-hybridized carbons (Fsp3) is 0.154. The van der Waals surface area contributed by atoms with Gasteiger partial charge >= 0.3 is 0 Å². The molecule has 1 aliphatic carbocycles. The van der Waals surface area contributed by atoms with E-state index < -0.39 is 0 Å². The van der Waals surface area contributed by atoms with Gasteiger partial charge in [-0.1, -0.05) is 208 Å². The van der Waals surface area contributed by atoms with Gasteiger partial charge in [0.15, 0.2) is 0 Å². The molecule has 11 rings (SSSR count). The van der Waals surface area contributed by atoms with Gasteiger partial charge in [0.05, 0.1) is 22.1 Å². The summed E-state index contributed by atoms with van der Waals surface area (Å²) in [6, 6.07) is 68.8. The van der Waals surface area contributed by atoms with Crippen LogP contribution in [0.1, 0.15) is 76.3 Å². The standard InChI is InChI=1S/C27H25N.C20H16N2.C16H16.C2H6/c1-4-10-21(16-15-20(2)3)22-17-18-27-25(19-22)24-13-8-9-14-26(24)28(27)23-11-6-5-7-12-23;1-15-11-13-16(14-12-15)20-21-18-9-5-6-10-19(18)22(20)17-7-3-2-4-8-17;1-11-8-9-13-12-6-4-5-7-14(12)16(2,3)15(13)10-11;1-2/h4-19H,1-3H3;2-14H,1H3;4-10H,1-3H3;1-2H3/b10-4-,21-16+;;;. The lowest BCUT2D eigenvalue weighted by Crippen LogP contribution is -2.14. The highest BCUT2D eigenvalue weighted by molar-refractivity contribution is 6.10. The number of hydrogen-bond acceptors (Lipinski definition) is 1. The molecule has 68 heavy (non-hydrogen) atoms. The Balaban J connectivity index is 0.000000140. The first-order chi connectivity index (χ1) is 33.1. The second-order valence-electron chi connectivity index (χ2n) is 18.0. The van der Waals surface area contributed by atoms with Gasteiger partial charge in [-0.3, -0.25) is 4.57 Å². The largest absolute Gasteiger partial charge is 0.309 e. The molecule has 8 aromatic carbocycles. The van der Waals surface area contributed by atoms with Gasteiger partial charge in [0, 0.05) is 33.1 Å². The first-order valence-corrected chi connectivity index (χ1v) is 24.0. The Bertz CT molecular complexity index is 3410. The molecule has 0 atom stereocenters. The predicted molar refractivity (Wildman–Crippen MR) is 294 cm³/mol. The van der Waals surface area contributed by atoms with Crippen molar-refractivity contribution in [2.45, 2.75) is 67.7 Å². The molecule has 0 aliphatic heterocycles. The Labute approximate surface area is 404 Å². The summed E-state index contributed by atoms with van der Waals surface area (Å²) in [5.41, 5.74) is 20.3. The number of nitrogens with zero attached hydrogens (tertiary/aromatic N) is 3. The summed E-state index contributed by atoms with van der Waals surface area (Å²) in [7, 11) is 0. The number of allylic oxidation sites excluding steroid dienone is 6. The number of benzene rings is 8. The van der Waals surface area contributed by atoms with Gasteiger partial charge in [-0.25, -0.2) is 4.98 Å². The summed E-state index contributed by atoms with van der Waals surface area (Å²) in [5, 5.41) is 2.56. The van der Waals surface area contributed by atoms with Crippen molar-refractivity contribution in [1.82, 2.24) is 14.1 Å². The van der Waals surface area contributed by atoms with Crippen LogP contribution in [0.5, 0.6) is 0 Å². The molecule has 0 saturated carbocycles. The van der Waals surface area contributed by atoms with E-state index in [1.807, 2.05) is 26.0 Å². The van der Waals surface area contributed by atoms with Crippen LogP contribution in [-0.2, 0) is 5.41 Å². The van der Waals surface area contributed by atoms with Crippen LogP contribution in [0.15, 0.2) is 224 Å². The molecule has 0 amide bonds. The molecule has 10 aromatic rings. The minimum Gasteiger partial charge on any atom is -0.309 e. The third-order valence-electron chi connectivity index (χ3n) is 12.6. The quantitative estimate of drug-likeness (QED) is 0.153. The molecule has 0 bridgehead atoms. The van der Waals surface area contributed by atoms with Crippen LogP contribution < -0.4 is 0 Å². The smallest absolute Gasteiger partial charge is 0.145 e. The van der Waals surface area contributed by atoms with Crippen LogP contribution in [-0.4, -0.2) is 14.1 Å². The highest BCUT2D eigenvalue weighted by Gasteiger charge is 2.34. The van der Waals surface area contributed by atoms with Crippen molar-refractivity contribution in [2.24, 2.45) is 0 Å². The van der Waals surface area contributed by atoms with Crippen molar-refractivity contribution >= 4 is 38.4 Å². The van der Waals surface area contributed by atoms with E-state index in [2.05, 4.69) is 264 Å². The fourth-order valence-corrected chi connectivity index (χ4v) is 9.27. The molecule has 338 valence electrons. The van der Waals surface area contributed by atoms with Gasteiger partial charge in [0.1, 0.15) is 5.82 Å². The van der Waals surface area contributed by atoms with E-state index >= 15 is 0 Å². The minimum atomic E-state index is 0.151. The average molecular weight is 886 g/mol. The third-order valence-corrected chi connectivity index (χ3v) is 12.6. The van der Waals surface area contributed by atoms with Gasteiger partial charge in [-0.15, -0.1) is 0 Å². The Morgan fingerprint density at radius 2 is 1.07 bits per heavy atom. The number of aryl methyl sites for hydroxylation is 2. The van der Waals surface area contributed by atoms with Crippen LogP contribution >= 0.6 is 0 Å². The maximum atomic E-state index is 4.85. The molecule has 3 nitrogen and oxygen atoms in total. The molecule has 0 N–H and O–H groups in total. The predicted octanol–water partition coefficient (Wildman–Crippen LogP) is 18.0. The van der Waals surface area contributed by atoms with Crippen molar-refractivity contribution < 1.29 is 0 Å². The van der Waals surface area contributed by atoms with Crippen molar-refractivity contribution in [3.05, 3.63) is 252 Å². The fourth-order valence-electron chi connectivity index (χ4n) is 9.27. The normalized spacial score (nSPS) is 12.3. The molecule has 0 radical (unpaired) electrons. The Kier molecular flexibility index (Phi) is 14.3. The van der Waals surface area contributed by atoms with Crippen LogP contribution in [0.4, 0.5) is 0 Å². The van der Waals surface area contributed by atoms with E-state index in [0.29, 0.717) is 0 Å². The molecule has 0 unspecified atom stereocenters.